The summed E-state index contributed by atoms with van der Waals surface area (Å²) in [5.74, 6) is 0.228. The van der Waals surface area contributed by atoms with E-state index in [1.54, 1.807) is 36.4 Å². The molecule has 0 unspecified atom stereocenters. The Kier molecular flexibility index (Phi) is 6.67. The minimum atomic E-state index is -0.444. The molecule has 3 aromatic carbocycles. The van der Waals surface area contributed by atoms with Crippen LogP contribution in [0.5, 0.6) is 5.75 Å². The van der Waals surface area contributed by atoms with Crippen LogP contribution in [0.1, 0.15) is 16.7 Å². The third-order valence-electron chi connectivity index (χ3n) is 4.30. The molecule has 0 atom stereocenters. The zero-order valence-electron chi connectivity index (χ0n) is 15.9. The molecule has 144 valence electrons. The van der Waals surface area contributed by atoms with E-state index in [2.05, 4.69) is 5.32 Å². The first kappa shape index (κ1) is 20.2. The highest BCUT2D eigenvalue weighted by atomic mass is 35.5. The first-order chi connectivity index (χ1) is 14.1. The Bertz CT molecular complexity index is 1080. The molecule has 0 saturated carbocycles. The number of nitrogens with zero attached hydrogens (tertiary/aromatic N) is 1. The number of carbonyl (C=O) groups is 1. The first-order valence-electron chi connectivity index (χ1n) is 9.02. The highest BCUT2D eigenvalue weighted by Crippen LogP contribution is 2.20. The number of nitriles is 1. The van der Waals surface area contributed by atoms with Crippen LogP contribution in [-0.2, 0) is 11.4 Å². The molecular formula is C24H19ClN2O2. The monoisotopic (exact) mass is 402 g/mol. The molecule has 0 aliphatic rings. The number of carbonyl (C=O) groups excluding carboxylic acids is 1. The SMILES string of the molecule is Cc1ccccc1NC(=O)/C(C#N)=C\c1ccc(OCc2ccccc2Cl)cc1. The molecule has 4 nitrogen and oxygen atoms in total. The van der Waals surface area contributed by atoms with E-state index in [4.69, 9.17) is 16.3 Å². The average Bonchev–Trinajstić information content (AvgIpc) is 2.74. The third-order valence-corrected chi connectivity index (χ3v) is 4.67. The number of aryl methyl sites for hydroxylation is 1. The van der Waals surface area contributed by atoms with E-state index in [0.717, 1.165) is 16.7 Å². The van der Waals surface area contributed by atoms with Crippen molar-refractivity contribution in [1.82, 2.24) is 0 Å². The Balaban J connectivity index is 1.67. The highest BCUT2D eigenvalue weighted by molar-refractivity contribution is 6.31. The standard InChI is InChI=1S/C24H19ClN2O2/c1-17-6-2-5-9-23(17)27-24(28)20(15-26)14-18-10-12-21(13-11-18)29-16-19-7-3-4-8-22(19)25/h2-14H,16H2,1H3,(H,27,28)/b20-14-. The van der Waals surface area contributed by atoms with Crippen molar-refractivity contribution in [3.05, 3.63) is 100 Å². The lowest BCUT2D eigenvalue weighted by molar-refractivity contribution is -0.112. The number of para-hydroxylation sites is 1. The number of ether oxygens (including phenoxy) is 1. The number of hydrogen-bond donors (Lipinski definition) is 1. The van der Waals surface area contributed by atoms with E-state index in [1.165, 1.54) is 0 Å². The van der Waals surface area contributed by atoms with Crippen LogP contribution in [0.25, 0.3) is 6.08 Å². The van der Waals surface area contributed by atoms with Gasteiger partial charge in [-0.1, -0.05) is 60.1 Å². The van der Waals surface area contributed by atoms with Gasteiger partial charge in [-0.2, -0.15) is 5.26 Å². The number of anilines is 1. The van der Waals surface area contributed by atoms with Crippen molar-refractivity contribution in [3.63, 3.8) is 0 Å². The first-order valence-corrected chi connectivity index (χ1v) is 9.39. The molecule has 0 aliphatic carbocycles. The molecule has 5 heteroatoms. The van der Waals surface area contributed by atoms with Crippen molar-refractivity contribution >= 4 is 29.3 Å². The van der Waals surface area contributed by atoms with Gasteiger partial charge < -0.3 is 10.1 Å². The Morgan fingerprint density at radius 2 is 1.76 bits per heavy atom. The summed E-state index contributed by atoms with van der Waals surface area (Å²) < 4.78 is 5.75. The summed E-state index contributed by atoms with van der Waals surface area (Å²) in [6.45, 7) is 2.25. The zero-order chi connectivity index (χ0) is 20.6. The summed E-state index contributed by atoms with van der Waals surface area (Å²) in [5.41, 5.74) is 3.27. The van der Waals surface area contributed by atoms with Gasteiger partial charge in [0.25, 0.3) is 5.91 Å². The molecule has 1 N–H and O–H groups in total. The summed E-state index contributed by atoms with van der Waals surface area (Å²) in [7, 11) is 0. The van der Waals surface area contributed by atoms with Gasteiger partial charge in [-0.25, -0.2) is 0 Å². The van der Waals surface area contributed by atoms with Gasteiger partial charge in [-0.3, -0.25) is 4.79 Å². The average molecular weight is 403 g/mol. The normalized spacial score (nSPS) is 10.9. The van der Waals surface area contributed by atoms with E-state index >= 15 is 0 Å². The second kappa shape index (κ2) is 9.59. The molecule has 1 amide bonds. The largest absolute Gasteiger partial charge is 0.489 e. The molecular weight excluding hydrogens is 384 g/mol. The van der Waals surface area contributed by atoms with Crippen LogP contribution in [0.2, 0.25) is 5.02 Å². The fraction of sp³-hybridized carbons (Fsp3) is 0.0833. The Morgan fingerprint density at radius 3 is 2.45 bits per heavy atom. The summed E-state index contributed by atoms with van der Waals surface area (Å²) >= 11 is 6.13. The number of rotatable bonds is 6. The predicted molar refractivity (Wildman–Crippen MR) is 116 cm³/mol. The number of hydrogen-bond acceptors (Lipinski definition) is 3. The zero-order valence-corrected chi connectivity index (χ0v) is 16.6. The van der Waals surface area contributed by atoms with Crippen LogP contribution < -0.4 is 10.1 Å². The lowest BCUT2D eigenvalue weighted by Crippen LogP contribution is -2.14. The summed E-state index contributed by atoms with van der Waals surface area (Å²) in [5, 5.41) is 12.8. The van der Waals surface area contributed by atoms with Crippen molar-refractivity contribution < 1.29 is 9.53 Å². The smallest absolute Gasteiger partial charge is 0.266 e. The van der Waals surface area contributed by atoms with Crippen LogP contribution in [-0.4, -0.2) is 5.91 Å². The van der Waals surface area contributed by atoms with Gasteiger partial charge in [0.2, 0.25) is 0 Å². The van der Waals surface area contributed by atoms with Crippen molar-refractivity contribution in [2.75, 3.05) is 5.32 Å². The second-order valence-electron chi connectivity index (χ2n) is 6.39. The highest BCUT2D eigenvalue weighted by Gasteiger charge is 2.10. The molecule has 0 aliphatic heterocycles. The molecule has 0 spiro atoms. The van der Waals surface area contributed by atoms with E-state index in [-0.39, 0.29) is 5.57 Å². The van der Waals surface area contributed by atoms with Gasteiger partial charge in [0.05, 0.1) is 0 Å². The van der Waals surface area contributed by atoms with E-state index < -0.39 is 5.91 Å². The maximum absolute atomic E-state index is 12.4. The van der Waals surface area contributed by atoms with Crippen molar-refractivity contribution in [3.8, 4) is 11.8 Å². The molecule has 0 bridgehead atoms. The molecule has 3 aromatic rings. The van der Waals surface area contributed by atoms with E-state index in [9.17, 15) is 10.1 Å². The second-order valence-corrected chi connectivity index (χ2v) is 6.80. The van der Waals surface area contributed by atoms with Crippen LogP contribution >= 0.6 is 11.6 Å². The van der Waals surface area contributed by atoms with Crippen molar-refractivity contribution in [1.29, 1.82) is 5.26 Å². The van der Waals surface area contributed by atoms with Crippen LogP contribution in [0.3, 0.4) is 0 Å². The van der Waals surface area contributed by atoms with E-state index in [0.29, 0.717) is 23.1 Å². The van der Waals surface area contributed by atoms with Gasteiger partial charge in [0.15, 0.2) is 0 Å². The van der Waals surface area contributed by atoms with Gasteiger partial charge >= 0.3 is 0 Å². The van der Waals surface area contributed by atoms with Crippen molar-refractivity contribution in [2.45, 2.75) is 13.5 Å². The summed E-state index contributed by atoms with van der Waals surface area (Å²) in [6, 6.07) is 24.0. The minimum Gasteiger partial charge on any atom is -0.489 e. The minimum absolute atomic E-state index is 0.0259. The molecule has 0 saturated heterocycles. The quantitative estimate of drug-likeness (QED) is 0.420. The molecule has 0 radical (unpaired) electrons. The number of amides is 1. The summed E-state index contributed by atoms with van der Waals surface area (Å²) in [4.78, 5) is 12.4. The van der Waals surface area contributed by atoms with Gasteiger partial charge in [-0.15, -0.1) is 0 Å². The molecule has 3 rings (SSSR count). The van der Waals surface area contributed by atoms with Gasteiger partial charge in [-0.05, 0) is 48.4 Å². The van der Waals surface area contributed by atoms with E-state index in [1.807, 2.05) is 55.5 Å². The number of halogens is 1. The number of benzene rings is 3. The lowest BCUT2D eigenvalue weighted by atomic mass is 10.1. The maximum Gasteiger partial charge on any atom is 0.266 e. The molecule has 0 heterocycles. The Morgan fingerprint density at radius 1 is 1.07 bits per heavy atom. The Labute approximate surface area is 175 Å². The molecule has 0 aromatic heterocycles. The van der Waals surface area contributed by atoms with Crippen LogP contribution in [0.4, 0.5) is 5.69 Å². The third kappa shape index (κ3) is 5.47. The Hall–Kier alpha value is -3.55. The fourth-order valence-electron chi connectivity index (χ4n) is 2.65. The molecule has 0 fully saturated rings. The van der Waals surface area contributed by atoms with Crippen LogP contribution in [0, 0.1) is 18.3 Å². The lowest BCUT2D eigenvalue weighted by Gasteiger charge is -2.08. The summed E-state index contributed by atoms with van der Waals surface area (Å²) in [6.07, 6.45) is 1.55. The maximum atomic E-state index is 12.4. The number of nitrogens with one attached hydrogen (secondary N) is 1. The van der Waals surface area contributed by atoms with Crippen molar-refractivity contribution in [2.24, 2.45) is 0 Å². The van der Waals surface area contributed by atoms with Crippen LogP contribution in [0.15, 0.2) is 78.4 Å². The fourth-order valence-corrected chi connectivity index (χ4v) is 2.85. The topological polar surface area (TPSA) is 62.1 Å². The predicted octanol–water partition coefficient (Wildman–Crippen LogP) is 5.77. The van der Waals surface area contributed by atoms with Gasteiger partial charge in [0, 0.05) is 16.3 Å². The van der Waals surface area contributed by atoms with Gasteiger partial charge in [0.1, 0.15) is 24.0 Å². The molecule has 29 heavy (non-hydrogen) atoms.